The highest BCUT2D eigenvalue weighted by atomic mass is 35.5. The molecule has 0 unspecified atom stereocenters. The first-order valence-electron chi connectivity index (χ1n) is 9.35. The van der Waals surface area contributed by atoms with Crippen LogP contribution in [0.3, 0.4) is 0 Å². The van der Waals surface area contributed by atoms with Gasteiger partial charge in [0.1, 0.15) is 15.8 Å². The van der Waals surface area contributed by atoms with E-state index in [9.17, 15) is 4.79 Å². The molecule has 29 heavy (non-hydrogen) atoms. The molecule has 0 aliphatic carbocycles. The summed E-state index contributed by atoms with van der Waals surface area (Å²) in [5, 5.41) is 0.730. The second kappa shape index (κ2) is 10.1. The first kappa shape index (κ1) is 21.7. The van der Waals surface area contributed by atoms with E-state index in [1.165, 1.54) is 11.8 Å². The lowest BCUT2D eigenvalue weighted by Gasteiger charge is -2.11. The molecule has 3 rings (SSSR count). The Bertz CT molecular complexity index is 945. The third kappa shape index (κ3) is 5.53. The maximum atomic E-state index is 12.4. The van der Waals surface area contributed by atoms with Gasteiger partial charge in [-0.05, 0) is 49.8 Å². The highest BCUT2D eigenvalue weighted by molar-refractivity contribution is 8.26. The Hall–Kier alpha value is -2.02. The smallest absolute Gasteiger partial charge is 0.266 e. The fourth-order valence-electron chi connectivity index (χ4n) is 2.78. The van der Waals surface area contributed by atoms with Crippen molar-refractivity contribution in [2.75, 3.05) is 19.8 Å². The summed E-state index contributed by atoms with van der Waals surface area (Å²) < 4.78 is 12.3. The topological polar surface area (TPSA) is 38.8 Å². The van der Waals surface area contributed by atoms with Gasteiger partial charge >= 0.3 is 0 Å². The molecular formula is C22H22ClNO3S2. The number of amides is 1. The summed E-state index contributed by atoms with van der Waals surface area (Å²) in [5.41, 5.74) is 1.85. The fraction of sp³-hybridized carbons (Fsp3) is 0.273. The number of thioether (sulfide) groups is 1. The van der Waals surface area contributed by atoms with E-state index in [0.29, 0.717) is 29.0 Å². The number of nitrogens with zero attached hydrogens (tertiary/aromatic N) is 1. The van der Waals surface area contributed by atoms with Crippen LogP contribution in [0.5, 0.6) is 11.5 Å². The molecule has 1 aliphatic rings. The number of hydrogen-bond acceptors (Lipinski definition) is 5. The number of para-hydroxylation sites is 1. The lowest BCUT2D eigenvalue weighted by atomic mass is 10.2. The summed E-state index contributed by atoms with van der Waals surface area (Å²) in [6.45, 7) is 5.49. The van der Waals surface area contributed by atoms with Gasteiger partial charge < -0.3 is 9.47 Å². The normalized spacial score (nSPS) is 15.3. The zero-order valence-corrected chi connectivity index (χ0v) is 18.7. The van der Waals surface area contributed by atoms with Crippen molar-refractivity contribution in [1.82, 2.24) is 4.90 Å². The molecule has 0 bridgehead atoms. The molecule has 1 amide bonds. The van der Waals surface area contributed by atoms with Gasteiger partial charge in [-0.25, -0.2) is 0 Å². The van der Waals surface area contributed by atoms with Crippen molar-refractivity contribution in [1.29, 1.82) is 0 Å². The van der Waals surface area contributed by atoms with Crippen molar-refractivity contribution in [3.63, 3.8) is 0 Å². The second-order valence-electron chi connectivity index (χ2n) is 6.43. The second-order valence-corrected chi connectivity index (χ2v) is 8.51. The highest BCUT2D eigenvalue weighted by Gasteiger charge is 2.30. The number of carbonyl (C=O) groups is 1. The molecule has 0 atom stereocenters. The number of halogens is 1. The van der Waals surface area contributed by atoms with Gasteiger partial charge in [0.15, 0.2) is 0 Å². The van der Waals surface area contributed by atoms with E-state index in [0.717, 1.165) is 34.1 Å². The Balaban J connectivity index is 1.56. The molecule has 2 aromatic rings. The SMILES string of the molecule is CCN1C(=O)/C(=C\c2ccccc2OCCCOc2ccc(Cl)c(C)c2)SC1=S. The molecule has 0 radical (unpaired) electrons. The number of carbonyl (C=O) groups excluding carboxylic acids is 1. The molecule has 4 nitrogen and oxygen atoms in total. The number of benzene rings is 2. The van der Waals surface area contributed by atoms with Gasteiger partial charge in [-0.2, -0.15) is 0 Å². The van der Waals surface area contributed by atoms with Crippen LogP contribution in [0.2, 0.25) is 5.02 Å². The van der Waals surface area contributed by atoms with Crippen LogP contribution in [0.25, 0.3) is 6.08 Å². The van der Waals surface area contributed by atoms with Gasteiger partial charge in [0.2, 0.25) is 0 Å². The Morgan fingerprint density at radius 1 is 1.17 bits per heavy atom. The van der Waals surface area contributed by atoms with Crippen LogP contribution in [0.4, 0.5) is 0 Å². The molecule has 0 N–H and O–H groups in total. The van der Waals surface area contributed by atoms with Crippen LogP contribution in [0.15, 0.2) is 47.4 Å². The molecule has 1 heterocycles. The minimum Gasteiger partial charge on any atom is -0.493 e. The summed E-state index contributed by atoms with van der Waals surface area (Å²) in [6, 6.07) is 13.3. The van der Waals surface area contributed by atoms with Crippen molar-refractivity contribution in [2.24, 2.45) is 0 Å². The Morgan fingerprint density at radius 2 is 1.93 bits per heavy atom. The summed E-state index contributed by atoms with van der Waals surface area (Å²) in [4.78, 5) is 14.6. The molecule has 152 valence electrons. The van der Waals surface area contributed by atoms with Crippen molar-refractivity contribution >= 4 is 51.9 Å². The lowest BCUT2D eigenvalue weighted by Crippen LogP contribution is -2.27. The van der Waals surface area contributed by atoms with Crippen LogP contribution in [-0.2, 0) is 4.79 Å². The summed E-state index contributed by atoms with van der Waals surface area (Å²) >= 11 is 12.6. The molecule has 0 aromatic heterocycles. The van der Waals surface area contributed by atoms with E-state index in [2.05, 4.69) is 0 Å². The van der Waals surface area contributed by atoms with E-state index >= 15 is 0 Å². The van der Waals surface area contributed by atoms with Crippen molar-refractivity contribution in [2.45, 2.75) is 20.3 Å². The Kier molecular flexibility index (Phi) is 7.58. The number of ether oxygens (including phenoxy) is 2. The minimum absolute atomic E-state index is 0.0519. The standard InChI is InChI=1S/C22H22ClNO3S2/c1-3-24-21(25)20(29-22(24)28)14-16-7-4-5-8-19(16)27-12-6-11-26-17-9-10-18(23)15(2)13-17/h4-5,7-10,13-14H,3,6,11-12H2,1-2H3/b20-14+. The zero-order valence-electron chi connectivity index (χ0n) is 16.3. The molecule has 7 heteroatoms. The quantitative estimate of drug-likeness (QED) is 0.294. The minimum atomic E-state index is -0.0519. The van der Waals surface area contributed by atoms with Crippen LogP contribution in [0.1, 0.15) is 24.5 Å². The summed E-state index contributed by atoms with van der Waals surface area (Å²) in [5.74, 6) is 1.48. The number of likely N-dealkylation sites (N-methyl/N-ethyl adjacent to an activating group) is 1. The van der Waals surface area contributed by atoms with Crippen molar-refractivity contribution in [3.8, 4) is 11.5 Å². The summed E-state index contributed by atoms with van der Waals surface area (Å²) in [7, 11) is 0. The molecule has 2 aromatic carbocycles. The third-order valence-electron chi connectivity index (χ3n) is 4.34. The van der Waals surface area contributed by atoms with Crippen molar-refractivity contribution < 1.29 is 14.3 Å². The van der Waals surface area contributed by atoms with Gasteiger partial charge in [-0.1, -0.05) is 53.8 Å². The van der Waals surface area contributed by atoms with E-state index < -0.39 is 0 Å². The van der Waals surface area contributed by atoms with Crippen LogP contribution < -0.4 is 9.47 Å². The number of hydrogen-bond donors (Lipinski definition) is 0. The third-order valence-corrected chi connectivity index (χ3v) is 6.14. The Morgan fingerprint density at radius 3 is 2.66 bits per heavy atom. The molecule has 0 spiro atoms. The first-order chi connectivity index (χ1) is 14.0. The van der Waals surface area contributed by atoms with Crippen LogP contribution in [0, 0.1) is 6.92 Å². The average molecular weight is 448 g/mol. The van der Waals surface area contributed by atoms with E-state index in [-0.39, 0.29) is 5.91 Å². The summed E-state index contributed by atoms with van der Waals surface area (Å²) in [6.07, 6.45) is 2.57. The zero-order chi connectivity index (χ0) is 20.8. The maximum Gasteiger partial charge on any atom is 0.266 e. The maximum absolute atomic E-state index is 12.4. The predicted octanol–water partition coefficient (Wildman–Crippen LogP) is 5.72. The highest BCUT2D eigenvalue weighted by Crippen LogP contribution is 2.34. The molecule has 1 saturated heterocycles. The number of thiocarbonyl (C=S) groups is 1. The van der Waals surface area contributed by atoms with Gasteiger partial charge in [0, 0.05) is 23.6 Å². The first-order valence-corrected chi connectivity index (χ1v) is 11.0. The number of rotatable bonds is 8. The van der Waals surface area contributed by atoms with E-state index in [1.807, 2.05) is 62.4 Å². The van der Waals surface area contributed by atoms with Gasteiger partial charge in [-0.15, -0.1) is 0 Å². The van der Waals surface area contributed by atoms with Crippen LogP contribution in [-0.4, -0.2) is 34.9 Å². The average Bonchev–Trinajstić information content (AvgIpc) is 2.98. The molecule has 0 saturated carbocycles. The fourth-order valence-corrected chi connectivity index (χ4v) is 4.28. The monoisotopic (exact) mass is 447 g/mol. The Labute approximate surface area is 185 Å². The number of aryl methyl sites for hydroxylation is 1. The van der Waals surface area contributed by atoms with Crippen molar-refractivity contribution in [3.05, 3.63) is 63.5 Å². The van der Waals surface area contributed by atoms with Gasteiger partial charge in [-0.3, -0.25) is 9.69 Å². The van der Waals surface area contributed by atoms with E-state index in [1.54, 1.807) is 4.90 Å². The van der Waals surface area contributed by atoms with Gasteiger partial charge in [0.25, 0.3) is 5.91 Å². The van der Waals surface area contributed by atoms with Gasteiger partial charge in [0.05, 0.1) is 18.1 Å². The largest absolute Gasteiger partial charge is 0.493 e. The molecule has 1 fully saturated rings. The lowest BCUT2D eigenvalue weighted by molar-refractivity contribution is -0.121. The van der Waals surface area contributed by atoms with E-state index in [4.69, 9.17) is 33.3 Å². The molecule has 1 aliphatic heterocycles. The molecular weight excluding hydrogens is 426 g/mol. The predicted molar refractivity (Wildman–Crippen MR) is 124 cm³/mol. The van der Waals surface area contributed by atoms with Crippen LogP contribution >= 0.6 is 35.6 Å².